The number of carbonyl (C=O) groups is 1. The van der Waals surface area contributed by atoms with E-state index in [4.69, 9.17) is 0 Å². The van der Waals surface area contributed by atoms with Crippen LogP contribution in [-0.4, -0.2) is 22.5 Å². The molecule has 0 aliphatic carbocycles. The molecule has 3 nitrogen and oxygen atoms in total. The van der Waals surface area contributed by atoms with Crippen molar-refractivity contribution >= 4 is 56.6 Å². The zero-order chi connectivity index (χ0) is 16.9. The van der Waals surface area contributed by atoms with Crippen molar-refractivity contribution in [1.82, 2.24) is 4.57 Å². The van der Waals surface area contributed by atoms with Gasteiger partial charge in [0.15, 0.2) is 4.80 Å². The van der Waals surface area contributed by atoms with Crippen molar-refractivity contribution in [3.63, 3.8) is 0 Å². The standard InChI is InChI=1S/C18H18N2OS3/c1-13-5-7-15-16(12-13)24-18(20(15)9-11-22-2)19-17(21)8-6-14-4-3-10-23-14/h3-8,10,12H,9,11H2,1-2H3/b8-6+,19-18?. The molecule has 2 heterocycles. The minimum atomic E-state index is -0.218. The summed E-state index contributed by atoms with van der Waals surface area (Å²) in [5.41, 5.74) is 2.37. The summed E-state index contributed by atoms with van der Waals surface area (Å²) in [6.45, 7) is 2.93. The highest BCUT2D eigenvalue weighted by atomic mass is 32.2. The summed E-state index contributed by atoms with van der Waals surface area (Å²) in [4.78, 5) is 18.4. The van der Waals surface area contributed by atoms with Crippen molar-refractivity contribution in [2.24, 2.45) is 4.99 Å². The van der Waals surface area contributed by atoms with Gasteiger partial charge < -0.3 is 4.57 Å². The van der Waals surface area contributed by atoms with Gasteiger partial charge in [0.1, 0.15) is 0 Å². The van der Waals surface area contributed by atoms with Crippen LogP contribution in [0.25, 0.3) is 16.3 Å². The summed E-state index contributed by atoms with van der Waals surface area (Å²) in [6.07, 6.45) is 5.45. The first-order valence-electron chi connectivity index (χ1n) is 7.56. The van der Waals surface area contributed by atoms with Crippen molar-refractivity contribution in [3.8, 4) is 0 Å². The Bertz CT molecular complexity index is 933. The lowest BCUT2D eigenvalue weighted by Crippen LogP contribution is -2.17. The maximum atomic E-state index is 12.2. The fourth-order valence-electron chi connectivity index (χ4n) is 2.34. The van der Waals surface area contributed by atoms with E-state index in [1.54, 1.807) is 40.5 Å². The second-order valence-electron chi connectivity index (χ2n) is 5.30. The minimum Gasteiger partial charge on any atom is -0.316 e. The van der Waals surface area contributed by atoms with Gasteiger partial charge in [0, 0.05) is 23.3 Å². The summed E-state index contributed by atoms with van der Waals surface area (Å²) in [6, 6.07) is 10.3. The highest BCUT2D eigenvalue weighted by Crippen LogP contribution is 2.19. The van der Waals surface area contributed by atoms with Gasteiger partial charge in [-0.25, -0.2) is 0 Å². The number of rotatable bonds is 5. The van der Waals surface area contributed by atoms with Gasteiger partial charge in [-0.1, -0.05) is 23.5 Å². The predicted octanol–water partition coefficient (Wildman–Crippen LogP) is 4.58. The fraction of sp³-hybridized carbons (Fsp3) is 0.222. The summed E-state index contributed by atoms with van der Waals surface area (Å²) in [5.74, 6) is 0.774. The molecule has 0 atom stereocenters. The van der Waals surface area contributed by atoms with Gasteiger partial charge >= 0.3 is 0 Å². The van der Waals surface area contributed by atoms with E-state index in [0.29, 0.717) is 0 Å². The van der Waals surface area contributed by atoms with Gasteiger partial charge in [0.25, 0.3) is 5.91 Å². The number of amides is 1. The van der Waals surface area contributed by atoms with E-state index in [0.717, 1.165) is 27.5 Å². The van der Waals surface area contributed by atoms with Gasteiger partial charge in [-0.05, 0) is 48.4 Å². The smallest absolute Gasteiger partial charge is 0.272 e. The van der Waals surface area contributed by atoms with Crippen molar-refractivity contribution in [2.75, 3.05) is 12.0 Å². The number of hydrogen-bond acceptors (Lipinski definition) is 4. The number of thioether (sulfide) groups is 1. The van der Waals surface area contributed by atoms with Crippen LogP contribution in [0, 0.1) is 6.92 Å². The Morgan fingerprint density at radius 2 is 2.25 bits per heavy atom. The van der Waals surface area contributed by atoms with E-state index in [2.05, 4.69) is 40.9 Å². The first kappa shape index (κ1) is 17.2. The van der Waals surface area contributed by atoms with Crippen LogP contribution >= 0.6 is 34.4 Å². The average molecular weight is 375 g/mol. The molecule has 0 unspecified atom stereocenters. The van der Waals surface area contributed by atoms with Crippen LogP contribution in [0.2, 0.25) is 0 Å². The molecule has 1 amide bonds. The van der Waals surface area contributed by atoms with Gasteiger partial charge in [-0.15, -0.1) is 11.3 Å². The zero-order valence-electron chi connectivity index (χ0n) is 13.6. The van der Waals surface area contributed by atoms with Crippen LogP contribution < -0.4 is 4.80 Å². The summed E-state index contributed by atoms with van der Waals surface area (Å²) in [5, 5.41) is 1.99. The molecule has 0 saturated carbocycles. The van der Waals surface area contributed by atoms with E-state index < -0.39 is 0 Å². The number of aromatic nitrogens is 1. The lowest BCUT2D eigenvalue weighted by atomic mass is 10.2. The number of fused-ring (bicyclic) bond motifs is 1. The Kier molecular flexibility index (Phi) is 5.71. The van der Waals surface area contributed by atoms with E-state index in [1.165, 1.54) is 10.3 Å². The van der Waals surface area contributed by atoms with Crippen molar-refractivity contribution in [2.45, 2.75) is 13.5 Å². The Morgan fingerprint density at radius 1 is 1.38 bits per heavy atom. The van der Waals surface area contributed by atoms with Crippen molar-refractivity contribution in [3.05, 3.63) is 57.0 Å². The molecule has 24 heavy (non-hydrogen) atoms. The lowest BCUT2D eigenvalue weighted by molar-refractivity contribution is -0.113. The topological polar surface area (TPSA) is 34.4 Å². The fourth-order valence-corrected chi connectivity index (χ4v) is 4.48. The number of nitrogens with zero attached hydrogens (tertiary/aromatic N) is 2. The van der Waals surface area contributed by atoms with Gasteiger partial charge in [-0.2, -0.15) is 16.8 Å². The Labute approximate surface area is 153 Å². The number of benzene rings is 1. The molecule has 0 N–H and O–H groups in total. The average Bonchev–Trinajstić information content (AvgIpc) is 3.18. The third-order valence-corrected chi connectivity index (χ3v) is 5.97. The second-order valence-corrected chi connectivity index (χ2v) is 8.27. The molecule has 0 aliphatic rings. The summed E-state index contributed by atoms with van der Waals surface area (Å²) >= 11 is 4.97. The molecule has 0 aliphatic heterocycles. The minimum absolute atomic E-state index is 0.218. The Morgan fingerprint density at radius 3 is 3.00 bits per heavy atom. The van der Waals surface area contributed by atoms with Gasteiger partial charge in [0.2, 0.25) is 0 Å². The monoisotopic (exact) mass is 374 g/mol. The third kappa shape index (κ3) is 4.06. The van der Waals surface area contributed by atoms with E-state index in [1.807, 2.05) is 23.6 Å². The van der Waals surface area contributed by atoms with Gasteiger partial charge in [0.05, 0.1) is 10.2 Å². The van der Waals surface area contributed by atoms with Crippen LogP contribution in [0.1, 0.15) is 10.4 Å². The number of hydrogen-bond donors (Lipinski definition) is 0. The largest absolute Gasteiger partial charge is 0.316 e. The first-order valence-corrected chi connectivity index (χ1v) is 10.7. The number of carbonyl (C=O) groups excluding carboxylic acids is 1. The van der Waals surface area contributed by atoms with Crippen molar-refractivity contribution < 1.29 is 4.79 Å². The molecule has 3 aromatic rings. The highest BCUT2D eigenvalue weighted by Gasteiger charge is 2.07. The molecular weight excluding hydrogens is 356 g/mol. The molecule has 2 aromatic heterocycles. The van der Waals surface area contributed by atoms with Crippen LogP contribution in [0.15, 0.2) is 46.8 Å². The first-order chi connectivity index (χ1) is 11.7. The van der Waals surface area contributed by atoms with E-state index in [9.17, 15) is 4.79 Å². The molecule has 0 saturated heterocycles. The quantitative estimate of drug-likeness (QED) is 0.613. The molecule has 6 heteroatoms. The zero-order valence-corrected chi connectivity index (χ0v) is 16.0. The van der Waals surface area contributed by atoms with Crippen LogP contribution in [0.5, 0.6) is 0 Å². The summed E-state index contributed by atoms with van der Waals surface area (Å²) in [7, 11) is 0. The molecular formula is C18H18N2OS3. The molecule has 0 fully saturated rings. The predicted molar refractivity (Wildman–Crippen MR) is 107 cm³/mol. The SMILES string of the molecule is CSCCn1c(=NC(=O)/C=C/c2cccs2)sc2cc(C)ccc21. The molecule has 0 radical (unpaired) electrons. The maximum absolute atomic E-state index is 12.2. The Balaban J connectivity index is 1.98. The lowest BCUT2D eigenvalue weighted by Gasteiger charge is -2.03. The molecule has 3 rings (SSSR count). The molecule has 1 aromatic carbocycles. The maximum Gasteiger partial charge on any atom is 0.272 e. The molecule has 124 valence electrons. The highest BCUT2D eigenvalue weighted by molar-refractivity contribution is 7.98. The molecule has 0 spiro atoms. The normalized spacial score (nSPS) is 12.5. The molecule has 0 bridgehead atoms. The van der Waals surface area contributed by atoms with Crippen LogP contribution in [-0.2, 0) is 11.3 Å². The third-order valence-electron chi connectivity index (χ3n) is 3.50. The number of aryl methyl sites for hydroxylation is 2. The number of thiazole rings is 1. The number of thiophene rings is 1. The Hall–Kier alpha value is -1.63. The van der Waals surface area contributed by atoms with E-state index >= 15 is 0 Å². The summed E-state index contributed by atoms with van der Waals surface area (Å²) < 4.78 is 3.32. The second kappa shape index (κ2) is 7.96. The van der Waals surface area contributed by atoms with Gasteiger partial charge in [-0.3, -0.25) is 4.79 Å². The van der Waals surface area contributed by atoms with E-state index in [-0.39, 0.29) is 5.91 Å². The van der Waals surface area contributed by atoms with Crippen molar-refractivity contribution in [1.29, 1.82) is 0 Å². The van der Waals surface area contributed by atoms with Crippen LogP contribution in [0.3, 0.4) is 0 Å². The van der Waals surface area contributed by atoms with Crippen LogP contribution in [0.4, 0.5) is 0 Å².